The van der Waals surface area contributed by atoms with Crippen LogP contribution in [0.1, 0.15) is 44.6 Å². The number of piperazine rings is 1. The van der Waals surface area contributed by atoms with Gasteiger partial charge in [-0.2, -0.15) is 0 Å². The van der Waals surface area contributed by atoms with Crippen LogP contribution in [0.15, 0.2) is 42.5 Å². The van der Waals surface area contributed by atoms with Crippen LogP contribution in [0, 0.1) is 5.82 Å². The van der Waals surface area contributed by atoms with Crippen molar-refractivity contribution < 1.29 is 13.9 Å². The number of aromatic nitrogens is 4. The molecule has 4 rings (SSSR count). The van der Waals surface area contributed by atoms with E-state index in [1.807, 2.05) is 35.0 Å². The molecule has 0 aliphatic carbocycles. The fourth-order valence-corrected chi connectivity index (χ4v) is 4.42. The maximum atomic E-state index is 14.4. The molecule has 2 heterocycles. The van der Waals surface area contributed by atoms with E-state index in [0.29, 0.717) is 30.3 Å². The molecule has 1 atom stereocenters. The summed E-state index contributed by atoms with van der Waals surface area (Å²) >= 11 is 0. The smallest absolute Gasteiger partial charge is 0.173 e. The van der Waals surface area contributed by atoms with E-state index in [-0.39, 0.29) is 17.4 Å². The molecule has 0 N–H and O–H groups in total. The molecule has 34 heavy (non-hydrogen) atoms. The van der Waals surface area contributed by atoms with Crippen molar-refractivity contribution in [2.45, 2.75) is 38.8 Å². The Balaban J connectivity index is 1.70. The minimum Gasteiger partial charge on any atom is -0.493 e. The van der Waals surface area contributed by atoms with Gasteiger partial charge in [0.25, 0.3) is 0 Å². The SMILES string of the molecule is CCC(C)(C)n1nnnc1[C@@H](c1ccc(OC)c(OC)c1)N1CCN(c2ccccc2F)CC1. The quantitative estimate of drug-likeness (QED) is 0.497. The topological polar surface area (TPSA) is 68.5 Å². The van der Waals surface area contributed by atoms with E-state index in [2.05, 4.69) is 46.1 Å². The summed E-state index contributed by atoms with van der Waals surface area (Å²) in [5.74, 6) is 1.91. The number of halogens is 1. The Kier molecular flexibility index (Phi) is 7.02. The number of nitrogens with zero attached hydrogens (tertiary/aromatic N) is 6. The Morgan fingerprint density at radius 1 is 1.00 bits per heavy atom. The average Bonchev–Trinajstić information content (AvgIpc) is 3.35. The number of para-hydroxylation sites is 1. The summed E-state index contributed by atoms with van der Waals surface area (Å²) < 4.78 is 27.4. The van der Waals surface area contributed by atoms with Crippen LogP contribution in [-0.2, 0) is 5.54 Å². The third kappa shape index (κ3) is 4.57. The predicted octanol–water partition coefficient (Wildman–Crippen LogP) is 3.89. The molecule has 9 heteroatoms. The molecule has 0 unspecified atom stereocenters. The molecule has 1 aliphatic heterocycles. The summed E-state index contributed by atoms with van der Waals surface area (Å²) in [6, 6.07) is 12.7. The van der Waals surface area contributed by atoms with Crippen molar-refractivity contribution >= 4 is 5.69 Å². The van der Waals surface area contributed by atoms with Gasteiger partial charge >= 0.3 is 0 Å². The van der Waals surface area contributed by atoms with Gasteiger partial charge in [-0.05, 0) is 60.5 Å². The van der Waals surface area contributed by atoms with Crippen LogP contribution in [0.3, 0.4) is 0 Å². The maximum absolute atomic E-state index is 14.4. The molecule has 0 bridgehead atoms. The molecule has 2 aromatic carbocycles. The molecule has 3 aromatic rings. The summed E-state index contributed by atoms with van der Waals surface area (Å²) in [4.78, 5) is 4.45. The first-order valence-electron chi connectivity index (χ1n) is 11.6. The van der Waals surface area contributed by atoms with Gasteiger partial charge in [0.15, 0.2) is 17.3 Å². The number of hydrogen-bond acceptors (Lipinski definition) is 7. The molecular formula is C25H33FN6O2. The van der Waals surface area contributed by atoms with Crippen molar-refractivity contribution in [1.29, 1.82) is 0 Å². The minimum atomic E-state index is -0.247. The van der Waals surface area contributed by atoms with Crippen molar-refractivity contribution in [3.8, 4) is 11.5 Å². The standard InChI is InChI=1S/C25H33FN6O2/c1-6-25(2,3)32-24(27-28-29-32)23(18-11-12-21(33-4)22(17-18)34-5)31-15-13-30(14-16-31)20-10-8-7-9-19(20)26/h7-12,17,23H,6,13-16H2,1-5H3/t23-/m1/s1. The zero-order chi connectivity index (χ0) is 24.3. The van der Waals surface area contributed by atoms with Crippen LogP contribution in [0.4, 0.5) is 10.1 Å². The number of methoxy groups -OCH3 is 2. The van der Waals surface area contributed by atoms with E-state index >= 15 is 0 Å². The first-order valence-corrected chi connectivity index (χ1v) is 11.6. The highest BCUT2D eigenvalue weighted by Crippen LogP contribution is 2.36. The monoisotopic (exact) mass is 468 g/mol. The summed E-state index contributed by atoms with van der Waals surface area (Å²) in [5, 5.41) is 12.9. The fourth-order valence-electron chi connectivity index (χ4n) is 4.42. The zero-order valence-corrected chi connectivity index (χ0v) is 20.5. The van der Waals surface area contributed by atoms with Gasteiger partial charge in [0, 0.05) is 26.2 Å². The Bertz CT molecular complexity index is 1110. The average molecular weight is 469 g/mol. The number of rotatable bonds is 8. The summed E-state index contributed by atoms with van der Waals surface area (Å²) in [6.45, 7) is 9.25. The molecular weight excluding hydrogens is 435 g/mol. The lowest BCUT2D eigenvalue weighted by molar-refractivity contribution is 0.186. The molecule has 0 amide bonds. The van der Waals surface area contributed by atoms with E-state index in [9.17, 15) is 4.39 Å². The molecule has 0 spiro atoms. The fraction of sp³-hybridized carbons (Fsp3) is 0.480. The van der Waals surface area contributed by atoms with E-state index in [1.54, 1.807) is 20.3 Å². The van der Waals surface area contributed by atoms with Crippen molar-refractivity contribution in [2.75, 3.05) is 45.3 Å². The van der Waals surface area contributed by atoms with Crippen molar-refractivity contribution in [3.63, 3.8) is 0 Å². The van der Waals surface area contributed by atoms with Gasteiger partial charge < -0.3 is 14.4 Å². The first-order chi connectivity index (χ1) is 16.4. The molecule has 0 radical (unpaired) electrons. The second-order valence-electron chi connectivity index (χ2n) is 9.11. The van der Waals surface area contributed by atoms with Gasteiger partial charge in [-0.25, -0.2) is 9.07 Å². The third-order valence-corrected chi connectivity index (χ3v) is 6.77. The number of tetrazole rings is 1. The molecule has 1 aliphatic rings. The summed E-state index contributed by atoms with van der Waals surface area (Å²) in [5.41, 5.74) is 1.41. The van der Waals surface area contributed by atoms with Crippen molar-refractivity contribution in [3.05, 3.63) is 59.7 Å². The van der Waals surface area contributed by atoms with E-state index in [4.69, 9.17) is 9.47 Å². The number of benzene rings is 2. The molecule has 1 fully saturated rings. The van der Waals surface area contributed by atoms with Crippen LogP contribution >= 0.6 is 0 Å². The van der Waals surface area contributed by atoms with Gasteiger partial charge in [-0.1, -0.05) is 25.1 Å². The third-order valence-electron chi connectivity index (χ3n) is 6.77. The largest absolute Gasteiger partial charge is 0.493 e. The van der Waals surface area contributed by atoms with Crippen LogP contribution in [-0.4, -0.2) is 65.5 Å². The summed E-state index contributed by atoms with van der Waals surface area (Å²) in [6.07, 6.45) is 0.880. The van der Waals surface area contributed by atoms with E-state index < -0.39 is 0 Å². The Morgan fingerprint density at radius 3 is 2.35 bits per heavy atom. The van der Waals surface area contributed by atoms with Crippen LogP contribution in [0.25, 0.3) is 0 Å². The molecule has 1 aromatic heterocycles. The first kappa shape index (κ1) is 23.9. The van der Waals surface area contributed by atoms with Gasteiger partial charge in [0.05, 0.1) is 31.5 Å². The minimum absolute atomic E-state index is 0.191. The number of ether oxygens (including phenoxy) is 2. The highest BCUT2D eigenvalue weighted by atomic mass is 19.1. The highest BCUT2D eigenvalue weighted by Gasteiger charge is 2.35. The lowest BCUT2D eigenvalue weighted by Gasteiger charge is -2.40. The van der Waals surface area contributed by atoms with Gasteiger partial charge in [-0.3, -0.25) is 4.90 Å². The Hall–Kier alpha value is -3.20. The molecule has 1 saturated heterocycles. The highest BCUT2D eigenvalue weighted by molar-refractivity contribution is 5.48. The van der Waals surface area contributed by atoms with E-state index in [1.165, 1.54) is 6.07 Å². The normalized spacial score (nSPS) is 15.9. The number of anilines is 1. The predicted molar refractivity (Wildman–Crippen MR) is 129 cm³/mol. The van der Waals surface area contributed by atoms with E-state index in [0.717, 1.165) is 30.9 Å². The second-order valence-corrected chi connectivity index (χ2v) is 9.11. The Labute approximate surface area is 200 Å². The zero-order valence-electron chi connectivity index (χ0n) is 20.5. The Morgan fingerprint density at radius 2 is 1.71 bits per heavy atom. The lowest BCUT2D eigenvalue weighted by Crippen LogP contribution is -2.49. The second kappa shape index (κ2) is 9.97. The van der Waals surface area contributed by atoms with Crippen molar-refractivity contribution in [2.24, 2.45) is 0 Å². The maximum Gasteiger partial charge on any atom is 0.173 e. The van der Waals surface area contributed by atoms with Gasteiger partial charge in [0.2, 0.25) is 0 Å². The van der Waals surface area contributed by atoms with Crippen LogP contribution in [0.5, 0.6) is 11.5 Å². The molecule has 0 saturated carbocycles. The van der Waals surface area contributed by atoms with Crippen LogP contribution < -0.4 is 14.4 Å². The molecule has 8 nitrogen and oxygen atoms in total. The van der Waals surface area contributed by atoms with Crippen molar-refractivity contribution in [1.82, 2.24) is 25.1 Å². The van der Waals surface area contributed by atoms with Gasteiger partial charge in [-0.15, -0.1) is 5.10 Å². The molecule has 182 valence electrons. The number of hydrogen-bond donors (Lipinski definition) is 0. The summed E-state index contributed by atoms with van der Waals surface area (Å²) in [7, 11) is 3.26. The van der Waals surface area contributed by atoms with Crippen LogP contribution in [0.2, 0.25) is 0 Å². The van der Waals surface area contributed by atoms with Gasteiger partial charge in [0.1, 0.15) is 5.82 Å². The lowest BCUT2D eigenvalue weighted by atomic mass is 9.98.